The summed E-state index contributed by atoms with van der Waals surface area (Å²) < 4.78 is 5.36. The number of nitrogens with zero attached hydrogens (tertiary/aromatic N) is 2. The largest absolute Gasteiger partial charge is 1.00 e. The predicted octanol–water partition coefficient (Wildman–Crippen LogP) is -0.442. The first-order valence-electron chi connectivity index (χ1n) is 7.32. The molecule has 1 N–H and O–H groups in total. The molecule has 1 heterocycles. The van der Waals surface area contributed by atoms with E-state index in [1.807, 2.05) is 20.8 Å². The van der Waals surface area contributed by atoms with Gasteiger partial charge in [0.05, 0.1) is 5.56 Å². The van der Waals surface area contributed by atoms with Crippen LogP contribution in [0.15, 0.2) is 24.3 Å². The van der Waals surface area contributed by atoms with Crippen LogP contribution in [-0.4, -0.2) is 53.8 Å². The zero-order valence-electron chi connectivity index (χ0n) is 15.2. The average molecular weight is 330 g/mol. The number of benzene rings is 1. The maximum absolute atomic E-state index is 12.0. The molecule has 0 saturated carbocycles. The zero-order chi connectivity index (χ0) is 16.3. The van der Waals surface area contributed by atoms with Gasteiger partial charge in [0.1, 0.15) is 5.60 Å². The number of carboxylic acids is 1. The van der Waals surface area contributed by atoms with Crippen LogP contribution in [0.2, 0.25) is 0 Å². The molecule has 23 heavy (non-hydrogen) atoms. The van der Waals surface area contributed by atoms with E-state index in [2.05, 4.69) is 4.90 Å². The first-order valence-corrected chi connectivity index (χ1v) is 7.32. The molecular weight excluding hydrogens is 307 g/mol. The third-order valence-corrected chi connectivity index (χ3v) is 3.41. The Kier molecular flexibility index (Phi) is 6.92. The molecule has 0 unspecified atom stereocenters. The van der Waals surface area contributed by atoms with Gasteiger partial charge in [0.25, 0.3) is 0 Å². The summed E-state index contributed by atoms with van der Waals surface area (Å²) >= 11 is 0. The fourth-order valence-corrected chi connectivity index (χ4v) is 2.29. The van der Waals surface area contributed by atoms with Crippen LogP contribution in [0.4, 0.5) is 10.5 Å². The van der Waals surface area contributed by atoms with E-state index in [0.29, 0.717) is 26.2 Å². The SMILES string of the molecule is CC(C)(C)OC(=O)N1CCN(c2ccc(C(=O)O)cc2)CC1.[H-].[Na+]. The summed E-state index contributed by atoms with van der Waals surface area (Å²) in [7, 11) is 0. The Morgan fingerprint density at radius 3 is 2.04 bits per heavy atom. The molecule has 0 bridgehead atoms. The van der Waals surface area contributed by atoms with Crippen LogP contribution in [0, 0.1) is 0 Å². The molecular formula is C16H23N2NaO4. The molecule has 2 rings (SSSR count). The maximum atomic E-state index is 12.0. The van der Waals surface area contributed by atoms with Crippen molar-refractivity contribution in [3.05, 3.63) is 29.8 Å². The number of aromatic carboxylic acids is 1. The van der Waals surface area contributed by atoms with Crippen molar-refractivity contribution in [2.24, 2.45) is 0 Å². The molecule has 0 spiro atoms. The van der Waals surface area contributed by atoms with Gasteiger partial charge in [-0.15, -0.1) is 0 Å². The van der Waals surface area contributed by atoms with Gasteiger partial charge in [-0.05, 0) is 45.0 Å². The number of ether oxygens (including phenoxy) is 1. The Hall–Kier alpha value is -1.24. The van der Waals surface area contributed by atoms with Crippen LogP contribution in [-0.2, 0) is 4.74 Å². The summed E-state index contributed by atoms with van der Waals surface area (Å²) in [5.74, 6) is -0.929. The van der Waals surface area contributed by atoms with Crippen LogP contribution in [0.3, 0.4) is 0 Å². The van der Waals surface area contributed by atoms with Gasteiger partial charge in [-0.25, -0.2) is 9.59 Å². The van der Waals surface area contributed by atoms with E-state index in [1.54, 1.807) is 29.2 Å². The second kappa shape index (κ2) is 8.04. The van der Waals surface area contributed by atoms with Crippen LogP contribution in [0.1, 0.15) is 32.6 Å². The Balaban J connectivity index is 0.00000264. The number of hydrogen-bond acceptors (Lipinski definition) is 4. The van der Waals surface area contributed by atoms with Gasteiger partial charge in [-0.1, -0.05) is 0 Å². The number of hydrogen-bond donors (Lipinski definition) is 1. The minimum absolute atomic E-state index is 0. The fraction of sp³-hybridized carbons (Fsp3) is 0.500. The number of amides is 1. The number of carboxylic acid groups (broad SMARTS) is 1. The van der Waals surface area contributed by atoms with E-state index in [-0.39, 0.29) is 42.6 Å². The van der Waals surface area contributed by atoms with E-state index in [9.17, 15) is 9.59 Å². The number of anilines is 1. The van der Waals surface area contributed by atoms with Crippen molar-refractivity contribution >= 4 is 17.7 Å². The molecule has 1 fully saturated rings. The number of rotatable bonds is 2. The summed E-state index contributed by atoms with van der Waals surface area (Å²) in [5.41, 5.74) is 0.755. The first-order chi connectivity index (χ1) is 10.3. The van der Waals surface area contributed by atoms with E-state index in [0.717, 1.165) is 5.69 Å². The van der Waals surface area contributed by atoms with E-state index in [1.165, 1.54) is 0 Å². The number of piperazine rings is 1. The molecule has 1 aliphatic rings. The summed E-state index contributed by atoms with van der Waals surface area (Å²) in [4.78, 5) is 26.7. The maximum Gasteiger partial charge on any atom is 1.00 e. The van der Waals surface area contributed by atoms with Crippen LogP contribution < -0.4 is 34.5 Å². The van der Waals surface area contributed by atoms with Crippen molar-refractivity contribution in [3.8, 4) is 0 Å². The van der Waals surface area contributed by atoms with Gasteiger partial charge in [0.2, 0.25) is 0 Å². The second-order valence-corrected chi connectivity index (χ2v) is 6.31. The molecule has 1 amide bonds. The van der Waals surface area contributed by atoms with Crippen molar-refractivity contribution in [2.75, 3.05) is 31.1 Å². The van der Waals surface area contributed by atoms with Crippen molar-refractivity contribution in [1.82, 2.24) is 4.90 Å². The molecule has 7 heteroatoms. The number of carbonyl (C=O) groups excluding carboxylic acids is 1. The summed E-state index contributed by atoms with van der Waals surface area (Å²) in [5, 5.41) is 8.90. The molecule has 122 valence electrons. The Morgan fingerprint density at radius 2 is 1.61 bits per heavy atom. The smallest absolute Gasteiger partial charge is 1.00 e. The van der Waals surface area contributed by atoms with Gasteiger partial charge in [-0.2, -0.15) is 0 Å². The van der Waals surface area contributed by atoms with Crippen LogP contribution >= 0.6 is 0 Å². The molecule has 6 nitrogen and oxygen atoms in total. The minimum atomic E-state index is -0.929. The topological polar surface area (TPSA) is 70.1 Å². The van der Waals surface area contributed by atoms with Gasteiger partial charge in [0, 0.05) is 31.9 Å². The zero-order valence-corrected chi connectivity index (χ0v) is 16.2. The van der Waals surface area contributed by atoms with Gasteiger partial charge in [0.15, 0.2) is 0 Å². The van der Waals surface area contributed by atoms with Gasteiger partial charge in [-0.3, -0.25) is 0 Å². The van der Waals surface area contributed by atoms with Crippen molar-refractivity contribution in [2.45, 2.75) is 26.4 Å². The minimum Gasteiger partial charge on any atom is -1.00 e. The molecule has 0 aromatic heterocycles. The molecule has 1 saturated heterocycles. The fourth-order valence-electron chi connectivity index (χ4n) is 2.29. The van der Waals surface area contributed by atoms with Gasteiger partial charge < -0.3 is 21.1 Å². The van der Waals surface area contributed by atoms with E-state index < -0.39 is 11.6 Å². The predicted molar refractivity (Wildman–Crippen MR) is 84.5 cm³/mol. The summed E-state index contributed by atoms with van der Waals surface area (Å²) in [6.07, 6.45) is -0.284. The van der Waals surface area contributed by atoms with Crippen LogP contribution in [0.5, 0.6) is 0 Å². The molecule has 1 aromatic carbocycles. The molecule has 0 atom stereocenters. The van der Waals surface area contributed by atoms with E-state index >= 15 is 0 Å². The average Bonchev–Trinajstić information content (AvgIpc) is 2.46. The molecule has 0 radical (unpaired) electrons. The summed E-state index contributed by atoms with van der Waals surface area (Å²) in [6, 6.07) is 6.79. The quantitative estimate of drug-likeness (QED) is 0.745. The monoisotopic (exact) mass is 330 g/mol. The van der Waals surface area contributed by atoms with E-state index in [4.69, 9.17) is 9.84 Å². The van der Waals surface area contributed by atoms with Crippen LogP contribution in [0.25, 0.3) is 0 Å². The molecule has 1 aliphatic heterocycles. The third-order valence-electron chi connectivity index (χ3n) is 3.41. The van der Waals surface area contributed by atoms with Crippen molar-refractivity contribution in [1.29, 1.82) is 0 Å². The van der Waals surface area contributed by atoms with Crippen molar-refractivity contribution in [3.63, 3.8) is 0 Å². The van der Waals surface area contributed by atoms with Crippen molar-refractivity contribution < 1.29 is 50.4 Å². The summed E-state index contributed by atoms with van der Waals surface area (Å²) in [6.45, 7) is 8.14. The molecule has 0 aliphatic carbocycles. The molecule has 1 aromatic rings. The standard InChI is InChI=1S/C16H22N2O4.Na.H/c1-16(2,3)22-15(21)18-10-8-17(9-11-18)13-6-4-12(5-7-13)14(19)20;;/h4-7H,8-11H2,1-3H3,(H,19,20);;/q;+1;-1. The Morgan fingerprint density at radius 1 is 1.09 bits per heavy atom. The van der Waals surface area contributed by atoms with Gasteiger partial charge >= 0.3 is 41.6 Å². The normalized spacial score (nSPS) is 14.9. The third kappa shape index (κ3) is 5.71. The second-order valence-electron chi connectivity index (χ2n) is 6.31. The Labute approximate surface area is 160 Å². The number of carbonyl (C=O) groups is 2. The Bertz CT molecular complexity index is 552. The first kappa shape index (κ1) is 19.8.